The van der Waals surface area contributed by atoms with E-state index < -0.39 is 0 Å². The normalized spacial score (nSPS) is 68.3. The minimum atomic E-state index is 0.722. The molecule has 1 saturated heterocycles. The van der Waals surface area contributed by atoms with Crippen LogP contribution in [0, 0.1) is 17.8 Å². The molecule has 1 nitrogen and oxygen atoms in total. The monoisotopic (exact) mass is 123 g/mol. The molecule has 3 fully saturated rings. The molecule has 1 aliphatic heterocycles. The molecule has 3 rings (SSSR count). The van der Waals surface area contributed by atoms with Crippen LogP contribution in [0.5, 0.6) is 0 Å². The van der Waals surface area contributed by atoms with Crippen LogP contribution in [0.3, 0.4) is 0 Å². The molecule has 50 valence electrons. The minimum Gasteiger partial charge on any atom is -0.311 e. The molecule has 0 aromatic rings. The maximum Gasteiger partial charge on any atom is 0.0250 e. The Kier molecular flexibility index (Phi) is 0.563. The van der Waals surface area contributed by atoms with Crippen LogP contribution in [0.15, 0.2) is 0 Å². The van der Waals surface area contributed by atoms with Gasteiger partial charge in [0.15, 0.2) is 0 Å². The third kappa shape index (κ3) is 0.337. The Morgan fingerprint density at radius 1 is 1.44 bits per heavy atom. The standard InChI is InChI=1S/C8H13N/c1-5-6-7(5)8(6)3-2-4-9-8/h5-7,9H,2-4H2,1H3. The SMILES string of the molecule is CC1C2C1C21CCCN1. The number of rotatable bonds is 0. The van der Waals surface area contributed by atoms with Gasteiger partial charge in [0.25, 0.3) is 0 Å². The van der Waals surface area contributed by atoms with Crippen molar-refractivity contribution < 1.29 is 0 Å². The summed E-state index contributed by atoms with van der Waals surface area (Å²) in [4.78, 5) is 0. The molecule has 2 unspecified atom stereocenters. The second-order valence-corrected chi connectivity index (χ2v) is 3.98. The third-order valence-corrected chi connectivity index (χ3v) is 3.68. The predicted molar refractivity (Wildman–Crippen MR) is 36.1 cm³/mol. The van der Waals surface area contributed by atoms with Gasteiger partial charge < -0.3 is 5.32 Å². The zero-order chi connectivity index (χ0) is 6.06. The average molecular weight is 123 g/mol. The summed E-state index contributed by atoms with van der Waals surface area (Å²) >= 11 is 0. The van der Waals surface area contributed by atoms with E-state index in [4.69, 9.17) is 0 Å². The molecule has 1 heterocycles. The topological polar surface area (TPSA) is 12.0 Å². The maximum atomic E-state index is 3.64. The number of hydrogen-bond donors (Lipinski definition) is 1. The van der Waals surface area contributed by atoms with Crippen molar-refractivity contribution in [3.8, 4) is 0 Å². The van der Waals surface area contributed by atoms with Crippen molar-refractivity contribution in [2.45, 2.75) is 25.3 Å². The smallest absolute Gasteiger partial charge is 0.0250 e. The largest absolute Gasteiger partial charge is 0.311 e. The van der Waals surface area contributed by atoms with E-state index in [-0.39, 0.29) is 0 Å². The highest BCUT2D eigenvalue weighted by molar-refractivity contribution is 5.34. The summed E-state index contributed by atoms with van der Waals surface area (Å²) in [5.74, 6) is 3.30. The van der Waals surface area contributed by atoms with Gasteiger partial charge in [0.2, 0.25) is 0 Å². The van der Waals surface area contributed by atoms with Crippen molar-refractivity contribution in [1.29, 1.82) is 0 Å². The molecule has 9 heavy (non-hydrogen) atoms. The minimum absolute atomic E-state index is 0.722. The summed E-state index contributed by atoms with van der Waals surface area (Å²) in [6.45, 7) is 3.68. The summed E-state index contributed by atoms with van der Waals surface area (Å²) in [5.41, 5.74) is 0.722. The molecule has 0 bridgehead atoms. The average Bonchev–Trinajstić information content (AvgIpc) is 2.57. The Bertz CT molecular complexity index is 146. The van der Waals surface area contributed by atoms with E-state index in [1.807, 2.05) is 0 Å². The van der Waals surface area contributed by atoms with E-state index in [1.54, 1.807) is 0 Å². The Balaban J connectivity index is 1.82. The van der Waals surface area contributed by atoms with Crippen molar-refractivity contribution in [3.05, 3.63) is 0 Å². The van der Waals surface area contributed by atoms with Crippen LogP contribution in [0.4, 0.5) is 0 Å². The fourth-order valence-corrected chi connectivity index (χ4v) is 3.14. The number of fused-ring (bicyclic) bond motifs is 3. The van der Waals surface area contributed by atoms with Crippen LogP contribution in [0.25, 0.3) is 0 Å². The molecule has 0 aromatic carbocycles. The summed E-state index contributed by atoms with van der Waals surface area (Å²) in [5, 5.41) is 3.64. The first-order valence-corrected chi connectivity index (χ1v) is 4.11. The fraction of sp³-hybridized carbons (Fsp3) is 1.00. The van der Waals surface area contributed by atoms with E-state index in [0.29, 0.717) is 0 Å². The zero-order valence-corrected chi connectivity index (χ0v) is 5.85. The van der Waals surface area contributed by atoms with Crippen molar-refractivity contribution in [1.82, 2.24) is 5.32 Å². The quantitative estimate of drug-likeness (QED) is 0.507. The van der Waals surface area contributed by atoms with Gasteiger partial charge in [-0.25, -0.2) is 0 Å². The van der Waals surface area contributed by atoms with Gasteiger partial charge in [-0.15, -0.1) is 0 Å². The number of nitrogens with one attached hydrogen (secondary N) is 1. The molecular weight excluding hydrogens is 110 g/mol. The first kappa shape index (κ1) is 4.73. The summed E-state index contributed by atoms with van der Waals surface area (Å²) in [7, 11) is 0. The molecular formula is C8H13N. The first-order chi connectivity index (χ1) is 4.36. The molecule has 1 spiro atoms. The van der Waals surface area contributed by atoms with Crippen molar-refractivity contribution in [3.63, 3.8) is 0 Å². The van der Waals surface area contributed by atoms with Gasteiger partial charge in [0.1, 0.15) is 0 Å². The van der Waals surface area contributed by atoms with Crippen LogP contribution in [0.1, 0.15) is 19.8 Å². The molecule has 1 N–H and O–H groups in total. The number of hydrogen-bond acceptors (Lipinski definition) is 1. The van der Waals surface area contributed by atoms with E-state index in [9.17, 15) is 0 Å². The highest BCUT2D eigenvalue weighted by atomic mass is 15.2. The Labute approximate surface area is 55.8 Å². The lowest BCUT2D eigenvalue weighted by molar-refractivity contribution is 0.384. The summed E-state index contributed by atoms with van der Waals surface area (Å²) < 4.78 is 0. The predicted octanol–water partition coefficient (Wildman–Crippen LogP) is 1.00. The summed E-state index contributed by atoms with van der Waals surface area (Å²) in [6.07, 6.45) is 2.91. The fourth-order valence-electron chi connectivity index (χ4n) is 3.14. The van der Waals surface area contributed by atoms with Crippen LogP contribution in [-0.2, 0) is 0 Å². The van der Waals surface area contributed by atoms with Gasteiger partial charge in [-0.2, -0.15) is 0 Å². The van der Waals surface area contributed by atoms with Crippen molar-refractivity contribution >= 4 is 0 Å². The van der Waals surface area contributed by atoms with Gasteiger partial charge in [-0.3, -0.25) is 0 Å². The molecule has 0 amide bonds. The lowest BCUT2D eigenvalue weighted by atomic mass is 9.97. The van der Waals surface area contributed by atoms with Crippen LogP contribution in [-0.4, -0.2) is 12.1 Å². The molecule has 0 radical (unpaired) electrons. The van der Waals surface area contributed by atoms with Gasteiger partial charge in [-0.1, -0.05) is 6.92 Å². The maximum absolute atomic E-state index is 3.64. The Hall–Kier alpha value is -0.0400. The highest BCUT2D eigenvalue weighted by Crippen LogP contribution is 2.77. The summed E-state index contributed by atoms with van der Waals surface area (Å²) in [6, 6.07) is 0. The third-order valence-electron chi connectivity index (χ3n) is 3.68. The van der Waals surface area contributed by atoms with Gasteiger partial charge in [0.05, 0.1) is 0 Å². The van der Waals surface area contributed by atoms with E-state index in [0.717, 1.165) is 23.3 Å². The van der Waals surface area contributed by atoms with Crippen LogP contribution in [0.2, 0.25) is 0 Å². The molecule has 2 atom stereocenters. The Morgan fingerprint density at radius 3 is 2.67 bits per heavy atom. The van der Waals surface area contributed by atoms with Crippen LogP contribution >= 0.6 is 0 Å². The van der Waals surface area contributed by atoms with E-state index >= 15 is 0 Å². The van der Waals surface area contributed by atoms with E-state index in [2.05, 4.69) is 12.2 Å². The second-order valence-electron chi connectivity index (χ2n) is 3.98. The molecule has 0 aromatic heterocycles. The molecule has 1 heteroatoms. The first-order valence-electron chi connectivity index (χ1n) is 4.11. The van der Waals surface area contributed by atoms with Gasteiger partial charge in [0, 0.05) is 5.54 Å². The van der Waals surface area contributed by atoms with Crippen molar-refractivity contribution in [2.75, 3.05) is 6.54 Å². The Morgan fingerprint density at radius 2 is 2.22 bits per heavy atom. The zero-order valence-electron chi connectivity index (χ0n) is 5.85. The molecule has 2 saturated carbocycles. The van der Waals surface area contributed by atoms with E-state index in [1.165, 1.54) is 19.4 Å². The molecule has 3 aliphatic rings. The van der Waals surface area contributed by atoms with Crippen molar-refractivity contribution in [2.24, 2.45) is 17.8 Å². The molecule has 2 aliphatic carbocycles. The highest BCUT2D eigenvalue weighted by Gasteiger charge is 2.81. The van der Waals surface area contributed by atoms with Crippen LogP contribution < -0.4 is 5.32 Å². The van der Waals surface area contributed by atoms with Gasteiger partial charge >= 0.3 is 0 Å². The lowest BCUT2D eigenvalue weighted by Crippen LogP contribution is -2.34. The second kappa shape index (κ2) is 1.07. The lowest BCUT2D eigenvalue weighted by Gasteiger charge is -2.18. The van der Waals surface area contributed by atoms with Gasteiger partial charge in [-0.05, 0) is 37.1 Å².